The van der Waals surface area contributed by atoms with Crippen LogP contribution in [0.25, 0.3) is 133 Å². The zero-order valence-corrected chi connectivity index (χ0v) is 36.0. The average Bonchev–Trinajstić information content (AvgIpc) is 4.07. The summed E-state index contributed by atoms with van der Waals surface area (Å²) in [6.07, 6.45) is 0. The molecule has 10 aromatic carbocycles. The van der Waals surface area contributed by atoms with E-state index < -0.39 is 0 Å². The van der Waals surface area contributed by atoms with E-state index in [1.165, 1.54) is 32.7 Å². The maximum absolute atomic E-state index is 6.36. The number of furan rings is 1. The first-order chi connectivity index (χ1) is 33.2. The lowest BCUT2D eigenvalue weighted by molar-refractivity contribution is 0.669. The molecule has 0 amide bonds. The third-order valence-corrected chi connectivity index (χ3v) is 13.3. The first-order valence-electron chi connectivity index (χ1n) is 22.6. The summed E-state index contributed by atoms with van der Waals surface area (Å²) in [4.78, 5) is 15.8. The predicted octanol–water partition coefficient (Wildman–Crippen LogP) is 15.8. The van der Waals surface area contributed by atoms with Gasteiger partial charge in [0.1, 0.15) is 11.2 Å². The highest BCUT2D eigenvalue weighted by atomic mass is 16.3. The largest absolute Gasteiger partial charge is 0.456 e. The summed E-state index contributed by atoms with van der Waals surface area (Å²) in [6.45, 7) is 0. The smallest absolute Gasteiger partial charge is 0.238 e. The molecule has 4 heterocycles. The summed E-state index contributed by atoms with van der Waals surface area (Å²) in [7, 11) is 0. The fourth-order valence-corrected chi connectivity index (χ4v) is 10.3. The monoisotopic (exact) mass is 855 g/mol. The molecule has 0 atom stereocenters. The van der Waals surface area contributed by atoms with E-state index in [1.54, 1.807) is 0 Å². The Balaban J connectivity index is 1.07. The minimum Gasteiger partial charge on any atom is -0.456 e. The Morgan fingerprint density at radius 2 is 0.866 bits per heavy atom. The maximum atomic E-state index is 6.36. The Morgan fingerprint density at radius 1 is 0.313 bits per heavy atom. The van der Waals surface area contributed by atoms with Gasteiger partial charge in [-0.2, -0.15) is 9.97 Å². The van der Waals surface area contributed by atoms with Crippen LogP contribution in [0.5, 0.6) is 0 Å². The van der Waals surface area contributed by atoms with Crippen LogP contribution in [0.3, 0.4) is 0 Å². The fraction of sp³-hybridized carbons (Fsp3) is 0. The van der Waals surface area contributed by atoms with Crippen molar-refractivity contribution in [2.75, 3.05) is 0 Å². The molecule has 0 aliphatic carbocycles. The normalized spacial score (nSPS) is 11.9. The van der Waals surface area contributed by atoms with E-state index in [9.17, 15) is 0 Å². The fourth-order valence-electron chi connectivity index (χ4n) is 10.3. The molecule has 0 saturated heterocycles. The van der Waals surface area contributed by atoms with Gasteiger partial charge in [-0.05, 0) is 82.2 Å². The van der Waals surface area contributed by atoms with Gasteiger partial charge in [-0.25, -0.2) is 4.98 Å². The van der Waals surface area contributed by atoms with Crippen LogP contribution in [-0.2, 0) is 0 Å². The highest BCUT2D eigenvalue weighted by Gasteiger charge is 2.24. The van der Waals surface area contributed by atoms with Gasteiger partial charge < -0.3 is 8.98 Å². The lowest BCUT2D eigenvalue weighted by Crippen LogP contribution is -2.06. The van der Waals surface area contributed by atoms with E-state index in [4.69, 9.17) is 19.4 Å². The van der Waals surface area contributed by atoms with Gasteiger partial charge in [0.05, 0.1) is 22.1 Å². The number of hydrogen-bond acceptors (Lipinski definition) is 4. The number of rotatable bonds is 6. The van der Waals surface area contributed by atoms with Crippen LogP contribution in [0, 0.1) is 0 Å². The van der Waals surface area contributed by atoms with Crippen molar-refractivity contribution in [1.82, 2.24) is 24.1 Å². The molecular formula is C61H37N5O. The molecule has 0 aliphatic heterocycles. The zero-order chi connectivity index (χ0) is 44.0. The second-order valence-corrected chi connectivity index (χ2v) is 17.2. The third-order valence-electron chi connectivity index (χ3n) is 13.3. The van der Waals surface area contributed by atoms with Crippen molar-refractivity contribution in [3.63, 3.8) is 0 Å². The van der Waals surface area contributed by atoms with Gasteiger partial charge in [0.25, 0.3) is 0 Å². The summed E-state index contributed by atoms with van der Waals surface area (Å²) in [6, 6.07) is 79.4. The van der Waals surface area contributed by atoms with Crippen LogP contribution in [-0.4, -0.2) is 24.1 Å². The van der Waals surface area contributed by atoms with E-state index in [-0.39, 0.29) is 0 Å². The molecule has 0 radical (unpaired) electrons. The molecule has 0 fully saturated rings. The Bertz CT molecular complexity index is 4210. The summed E-state index contributed by atoms with van der Waals surface area (Å²) in [5.41, 5.74) is 13.4. The second kappa shape index (κ2) is 14.7. The Labute approximate surface area is 384 Å². The number of aromatic nitrogens is 5. The Kier molecular flexibility index (Phi) is 8.18. The first kappa shape index (κ1) is 37.3. The van der Waals surface area contributed by atoms with Crippen LogP contribution >= 0.6 is 0 Å². The Hall–Kier alpha value is -9.13. The molecule has 4 aromatic heterocycles. The van der Waals surface area contributed by atoms with Crippen LogP contribution < -0.4 is 0 Å². The summed E-state index contributed by atoms with van der Waals surface area (Å²) >= 11 is 0. The standard InChI is InChI=1S/C61H37N5O/c1-4-16-38(17-5-1)43-34-44(39-18-6-2-7-19-39)36-45(35-43)65-52-32-33-53-56(57(52)50-31-28-40-20-10-11-23-46(40)58(50)65)49-25-12-14-26-51(49)66(53)61-63-59(41-21-8-3-9-22-41)62-60(64-61)42-29-30-48-47-24-13-15-27-54(47)67-55(48)37-42/h1-37H. The van der Waals surface area contributed by atoms with Crippen molar-refractivity contribution in [1.29, 1.82) is 0 Å². The third kappa shape index (κ3) is 5.86. The first-order valence-corrected chi connectivity index (χ1v) is 22.6. The quantitative estimate of drug-likeness (QED) is 0.167. The SMILES string of the molecule is c1ccc(-c2cc(-c3ccccc3)cc(-n3c4ccc5c(c6ccccc6n5-c5nc(-c6ccccc6)nc(-c6ccc7c(c6)oc6ccccc67)n5)c4c4ccc5ccccc5c43)c2)cc1. The summed E-state index contributed by atoms with van der Waals surface area (Å²) in [5, 5.41) is 9.12. The van der Waals surface area contributed by atoms with E-state index in [0.717, 1.165) is 82.7 Å². The van der Waals surface area contributed by atoms with Crippen LogP contribution in [0.2, 0.25) is 0 Å². The number of hydrogen-bond donors (Lipinski definition) is 0. The van der Waals surface area contributed by atoms with Crippen molar-refractivity contribution in [2.45, 2.75) is 0 Å². The number of nitrogens with zero attached hydrogens (tertiary/aromatic N) is 5. The lowest BCUT2D eigenvalue weighted by atomic mass is 9.98. The molecule has 0 unspecified atom stereocenters. The zero-order valence-electron chi connectivity index (χ0n) is 36.0. The second-order valence-electron chi connectivity index (χ2n) is 17.2. The number of benzene rings is 10. The lowest BCUT2D eigenvalue weighted by Gasteiger charge is -2.15. The predicted molar refractivity (Wildman–Crippen MR) is 275 cm³/mol. The van der Waals surface area contributed by atoms with E-state index in [1.807, 2.05) is 42.5 Å². The van der Waals surface area contributed by atoms with Gasteiger partial charge in [-0.15, -0.1) is 0 Å². The maximum Gasteiger partial charge on any atom is 0.238 e. The van der Waals surface area contributed by atoms with Crippen molar-refractivity contribution in [3.8, 4) is 56.7 Å². The summed E-state index contributed by atoms with van der Waals surface area (Å²) < 4.78 is 11.1. The van der Waals surface area contributed by atoms with Crippen LogP contribution in [0.4, 0.5) is 0 Å². The number of para-hydroxylation sites is 2. The van der Waals surface area contributed by atoms with Crippen molar-refractivity contribution in [3.05, 3.63) is 224 Å². The molecular weight excluding hydrogens is 819 g/mol. The van der Waals surface area contributed by atoms with Crippen molar-refractivity contribution < 1.29 is 4.42 Å². The van der Waals surface area contributed by atoms with E-state index in [2.05, 4.69) is 191 Å². The number of fused-ring (bicyclic) bond motifs is 12. The molecule has 0 N–H and O–H groups in total. The molecule has 0 aliphatic rings. The van der Waals surface area contributed by atoms with Gasteiger partial charge in [0.15, 0.2) is 11.6 Å². The van der Waals surface area contributed by atoms with E-state index >= 15 is 0 Å². The topological polar surface area (TPSA) is 61.7 Å². The van der Waals surface area contributed by atoms with Gasteiger partial charge >= 0.3 is 0 Å². The molecule has 67 heavy (non-hydrogen) atoms. The average molecular weight is 856 g/mol. The van der Waals surface area contributed by atoms with E-state index in [0.29, 0.717) is 17.6 Å². The molecule has 6 nitrogen and oxygen atoms in total. The van der Waals surface area contributed by atoms with Gasteiger partial charge in [0.2, 0.25) is 5.95 Å². The van der Waals surface area contributed by atoms with Gasteiger partial charge in [0, 0.05) is 54.5 Å². The van der Waals surface area contributed by atoms with Gasteiger partial charge in [-0.3, -0.25) is 4.57 Å². The molecule has 0 saturated carbocycles. The molecule has 312 valence electrons. The molecule has 0 bridgehead atoms. The molecule has 6 heteroatoms. The van der Waals surface area contributed by atoms with Gasteiger partial charge in [-0.1, -0.05) is 170 Å². The van der Waals surface area contributed by atoms with Crippen molar-refractivity contribution >= 4 is 76.3 Å². The highest BCUT2D eigenvalue weighted by Crippen LogP contribution is 2.45. The minimum absolute atomic E-state index is 0.538. The highest BCUT2D eigenvalue weighted by molar-refractivity contribution is 6.31. The minimum atomic E-state index is 0.538. The van der Waals surface area contributed by atoms with Crippen molar-refractivity contribution in [2.24, 2.45) is 0 Å². The molecule has 14 rings (SSSR count). The summed E-state index contributed by atoms with van der Waals surface area (Å²) in [5.74, 6) is 1.69. The van der Waals surface area contributed by atoms with Crippen LogP contribution in [0.1, 0.15) is 0 Å². The van der Waals surface area contributed by atoms with Crippen LogP contribution in [0.15, 0.2) is 229 Å². The Morgan fingerprint density at radius 3 is 1.60 bits per heavy atom. The molecule has 14 aromatic rings. The molecule has 0 spiro atoms.